The molecule has 3 unspecified atom stereocenters. The van der Waals surface area contributed by atoms with Crippen molar-refractivity contribution in [3.63, 3.8) is 0 Å². The minimum absolute atomic E-state index is 0.0642. The molecule has 0 radical (unpaired) electrons. The van der Waals surface area contributed by atoms with Crippen molar-refractivity contribution < 1.29 is 32.9 Å². The predicted octanol–water partition coefficient (Wildman–Crippen LogP) is 14.3. The number of likely N-dealkylation sites (N-methyl/N-ethyl adjacent to an activating group) is 1. The Morgan fingerprint density at radius 2 is 0.914 bits per heavy atom. The minimum atomic E-state index is -4.33. The summed E-state index contributed by atoms with van der Waals surface area (Å²) < 4.78 is 23.5. The molecule has 9 heteroatoms. The lowest BCUT2D eigenvalue weighted by atomic mass is 10.0. The zero-order chi connectivity index (χ0) is 42.8. The van der Waals surface area contributed by atoms with Gasteiger partial charge in [-0.15, -0.1) is 0 Å². The maximum atomic E-state index is 12.8. The molecule has 0 aromatic rings. The van der Waals surface area contributed by atoms with E-state index in [1.807, 2.05) is 27.2 Å². The molecule has 0 aliphatic heterocycles. The van der Waals surface area contributed by atoms with Gasteiger partial charge in [0.05, 0.1) is 39.9 Å². The summed E-state index contributed by atoms with van der Waals surface area (Å²) in [6, 6.07) is -0.838. The Labute approximate surface area is 361 Å². The Kier molecular flexibility index (Phi) is 41.0. The third-order valence-corrected chi connectivity index (χ3v) is 12.5. The number of aliphatic hydroxyl groups excluding tert-OH is 1. The van der Waals surface area contributed by atoms with E-state index in [-0.39, 0.29) is 19.1 Å². The molecule has 0 aliphatic rings. The lowest BCUT2D eigenvalue weighted by Gasteiger charge is -2.25. The molecule has 0 aromatic heterocycles. The standard InChI is InChI=1S/C49H99N2O6P/c1-6-8-10-12-14-16-17-18-19-20-21-22-23-24-25-26-27-28-29-30-31-32-33-34-35-37-39-41-43-49(53)50-47(46-57-58(54,55)56-45-44-51(3,4)5)48(52)42-40-38-36-15-13-11-9-7-2/h40,42,47-48,52H,6-39,41,43-46H2,1-5H3,(H-,50,53,54,55)/p+1/b42-40+. The van der Waals surface area contributed by atoms with Crippen LogP contribution < -0.4 is 5.32 Å². The fourth-order valence-electron chi connectivity index (χ4n) is 7.51. The highest BCUT2D eigenvalue weighted by molar-refractivity contribution is 7.47. The van der Waals surface area contributed by atoms with E-state index >= 15 is 0 Å². The highest BCUT2D eigenvalue weighted by Gasteiger charge is 2.27. The molecular weight excluding hydrogens is 744 g/mol. The number of rotatable bonds is 46. The summed E-state index contributed by atoms with van der Waals surface area (Å²) in [5, 5.41) is 13.8. The lowest BCUT2D eigenvalue weighted by Crippen LogP contribution is -2.45. The maximum Gasteiger partial charge on any atom is 0.472 e. The minimum Gasteiger partial charge on any atom is -0.387 e. The third kappa shape index (κ3) is 43.3. The van der Waals surface area contributed by atoms with Gasteiger partial charge in [0.15, 0.2) is 0 Å². The first-order valence-electron chi connectivity index (χ1n) is 25.1. The van der Waals surface area contributed by atoms with E-state index in [1.165, 1.54) is 186 Å². The maximum absolute atomic E-state index is 12.8. The fraction of sp³-hybridized carbons (Fsp3) is 0.939. The van der Waals surface area contributed by atoms with Gasteiger partial charge in [0, 0.05) is 6.42 Å². The van der Waals surface area contributed by atoms with Gasteiger partial charge >= 0.3 is 7.82 Å². The van der Waals surface area contributed by atoms with Crippen LogP contribution in [0.4, 0.5) is 0 Å². The molecule has 0 bridgehead atoms. The first kappa shape index (κ1) is 57.2. The van der Waals surface area contributed by atoms with Crippen molar-refractivity contribution in [1.82, 2.24) is 5.32 Å². The smallest absolute Gasteiger partial charge is 0.387 e. The van der Waals surface area contributed by atoms with Crippen molar-refractivity contribution >= 4 is 13.7 Å². The lowest BCUT2D eigenvalue weighted by molar-refractivity contribution is -0.870. The van der Waals surface area contributed by atoms with Gasteiger partial charge in [-0.1, -0.05) is 231 Å². The monoisotopic (exact) mass is 844 g/mol. The van der Waals surface area contributed by atoms with Crippen LogP contribution in [-0.4, -0.2) is 73.4 Å². The van der Waals surface area contributed by atoms with Gasteiger partial charge in [0.2, 0.25) is 5.91 Å². The summed E-state index contributed by atoms with van der Waals surface area (Å²) >= 11 is 0. The average molecular weight is 844 g/mol. The van der Waals surface area contributed by atoms with Crippen LogP contribution in [0.25, 0.3) is 0 Å². The second-order valence-corrected chi connectivity index (χ2v) is 20.0. The van der Waals surface area contributed by atoms with E-state index in [0.717, 1.165) is 38.5 Å². The molecule has 0 heterocycles. The molecule has 3 N–H and O–H groups in total. The van der Waals surface area contributed by atoms with Crippen molar-refractivity contribution in [3.05, 3.63) is 12.2 Å². The molecule has 346 valence electrons. The van der Waals surface area contributed by atoms with Gasteiger partial charge in [0.25, 0.3) is 0 Å². The van der Waals surface area contributed by atoms with Crippen molar-refractivity contribution in [3.8, 4) is 0 Å². The molecule has 8 nitrogen and oxygen atoms in total. The number of hydrogen-bond donors (Lipinski definition) is 3. The Hall–Kier alpha value is -0.760. The molecule has 3 atom stereocenters. The van der Waals surface area contributed by atoms with Crippen LogP contribution in [-0.2, 0) is 18.4 Å². The van der Waals surface area contributed by atoms with E-state index in [4.69, 9.17) is 9.05 Å². The SMILES string of the molecule is CCCCCCCC/C=C/C(O)C(COP(=O)(O)OCC[N+](C)(C)C)NC(=O)CCCCCCCCCCCCCCCCCCCCCCCCCCCCCC. The summed E-state index contributed by atoms with van der Waals surface area (Å²) in [5.74, 6) is -0.175. The molecule has 0 aliphatic carbocycles. The van der Waals surface area contributed by atoms with Crippen LogP contribution in [0.1, 0.15) is 245 Å². The van der Waals surface area contributed by atoms with Gasteiger partial charge in [-0.2, -0.15) is 0 Å². The van der Waals surface area contributed by atoms with Crippen molar-refractivity contribution in [2.45, 2.75) is 257 Å². The number of nitrogens with one attached hydrogen (secondary N) is 1. The number of amides is 1. The van der Waals surface area contributed by atoms with Gasteiger partial charge in [-0.3, -0.25) is 13.8 Å². The Bertz CT molecular complexity index is 958. The molecule has 1 amide bonds. The summed E-state index contributed by atoms with van der Waals surface area (Å²) in [7, 11) is 1.58. The summed E-state index contributed by atoms with van der Waals surface area (Å²) in [6.07, 6.45) is 49.0. The van der Waals surface area contributed by atoms with Crippen LogP contribution in [0.3, 0.4) is 0 Å². The molecule has 0 rings (SSSR count). The summed E-state index contributed by atoms with van der Waals surface area (Å²) in [5.41, 5.74) is 0. The van der Waals surface area contributed by atoms with Crippen molar-refractivity contribution in [2.24, 2.45) is 0 Å². The number of phosphoric ester groups is 1. The average Bonchev–Trinajstić information content (AvgIpc) is 3.17. The van der Waals surface area contributed by atoms with E-state index in [9.17, 15) is 19.4 Å². The molecule has 0 saturated heterocycles. The van der Waals surface area contributed by atoms with Gasteiger partial charge in [0.1, 0.15) is 13.2 Å². The number of quaternary nitrogens is 1. The second kappa shape index (κ2) is 41.6. The number of allylic oxidation sites excluding steroid dienone is 1. The van der Waals surface area contributed by atoms with E-state index in [0.29, 0.717) is 17.4 Å². The highest BCUT2D eigenvalue weighted by atomic mass is 31.2. The quantitative estimate of drug-likeness (QED) is 0.0244. The van der Waals surface area contributed by atoms with E-state index in [2.05, 4.69) is 19.2 Å². The Balaban J connectivity index is 3.96. The largest absolute Gasteiger partial charge is 0.472 e. The Morgan fingerprint density at radius 1 is 0.569 bits per heavy atom. The third-order valence-electron chi connectivity index (χ3n) is 11.5. The number of carbonyl (C=O) groups excluding carboxylic acids is 1. The van der Waals surface area contributed by atoms with Crippen molar-refractivity contribution in [2.75, 3.05) is 40.9 Å². The Morgan fingerprint density at radius 3 is 1.28 bits per heavy atom. The number of aliphatic hydroxyl groups is 1. The zero-order valence-electron chi connectivity index (χ0n) is 39.3. The van der Waals surface area contributed by atoms with Crippen molar-refractivity contribution in [1.29, 1.82) is 0 Å². The van der Waals surface area contributed by atoms with Crippen LogP contribution in [0.5, 0.6) is 0 Å². The zero-order valence-corrected chi connectivity index (χ0v) is 40.2. The fourth-order valence-corrected chi connectivity index (χ4v) is 8.25. The first-order chi connectivity index (χ1) is 28.0. The van der Waals surface area contributed by atoms with E-state index < -0.39 is 20.0 Å². The van der Waals surface area contributed by atoms with Gasteiger partial charge in [-0.25, -0.2) is 4.57 Å². The highest BCUT2D eigenvalue weighted by Crippen LogP contribution is 2.43. The number of phosphoric acid groups is 1. The molecule has 0 saturated carbocycles. The molecule has 0 aromatic carbocycles. The number of unbranched alkanes of at least 4 members (excludes halogenated alkanes) is 33. The van der Waals surface area contributed by atoms with Gasteiger partial charge in [-0.05, 0) is 19.3 Å². The summed E-state index contributed by atoms with van der Waals surface area (Å²) in [4.78, 5) is 23.1. The normalized spacial score (nSPS) is 14.3. The predicted molar refractivity (Wildman–Crippen MR) is 249 cm³/mol. The number of hydrogen-bond acceptors (Lipinski definition) is 5. The number of carbonyl (C=O) groups is 1. The second-order valence-electron chi connectivity index (χ2n) is 18.6. The van der Waals surface area contributed by atoms with Crippen LogP contribution in [0, 0.1) is 0 Å². The van der Waals surface area contributed by atoms with Crippen LogP contribution >= 0.6 is 7.82 Å². The van der Waals surface area contributed by atoms with E-state index in [1.54, 1.807) is 6.08 Å². The molecule has 58 heavy (non-hydrogen) atoms. The first-order valence-corrected chi connectivity index (χ1v) is 26.6. The molecule has 0 spiro atoms. The number of nitrogens with zero attached hydrogens (tertiary/aromatic N) is 1. The van der Waals surface area contributed by atoms with Crippen LogP contribution in [0.15, 0.2) is 12.2 Å². The van der Waals surface area contributed by atoms with Gasteiger partial charge < -0.3 is 19.8 Å². The molecular formula is C49H100N2O6P+. The topological polar surface area (TPSA) is 105 Å². The summed E-state index contributed by atoms with van der Waals surface area (Å²) in [6.45, 7) is 4.79. The molecule has 0 fully saturated rings. The van der Waals surface area contributed by atoms with Crippen LogP contribution in [0.2, 0.25) is 0 Å².